The second kappa shape index (κ2) is 6.92. The summed E-state index contributed by atoms with van der Waals surface area (Å²) in [5.41, 5.74) is 2.07. The van der Waals surface area contributed by atoms with Crippen LogP contribution in [0.3, 0.4) is 0 Å². The van der Waals surface area contributed by atoms with Crippen LogP contribution in [0.1, 0.15) is 49.3 Å². The van der Waals surface area contributed by atoms with Gasteiger partial charge in [-0.15, -0.1) is 0 Å². The van der Waals surface area contributed by atoms with Crippen molar-refractivity contribution in [2.45, 2.75) is 51.2 Å². The number of hydrogen-bond donors (Lipinski definition) is 2. The Hall–Kier alpha value is -1.06. The molecule has 0 aliphatic carbocycles. The van der Waals surface area contributed by atoms with Gasteiger partial charge >= 0.3 is 0 Å². The van der Waals surface area contributed by atoms with Gasteiger partial charge in [-0.25, -0.2) is 0 Å². The maximum absolute atomic E-state index is 10.5. The van der Waals surface area contributed by atoms with Crippen LogP contribution in [0.4, 0.5) is 0 Å². The molecule has 2 rings (SSSR count). The number of aliphatic hydroxyl groups excluding tert-OH is 1. The van der Waals surface area contributed by atoms with E-state index < -0.39 is 6.10 Å². The van der Waals surface area contributed by atoms with E-state index in [1.54, 1.807) is 7.11 Å². The molecular formula is C16H25NO2. The highest BCUT2D eigenvalue weighted by atomic mass is 16.5. The lowest BCUT2D eigenvalue weighted by molar-refractivity contribution is 0.146. The van der Waals surface area contributed by atoms with E-state index in [4.69, 9.17) is 4.74 Å². The van der Waals surface area contributed by atoms with E-state index in [0.29, 0.717) is 6.04 Å². The largest absolute Gasteiger partial charge is 0.496 e. The Morgan fingerprint density at radius 3 is 3.00 bits per heavy atom. The lowest BCUT2D eigenvalue weighted by Gasteiger charge is -2.21. The molecule has 1 saturated heterocycles. The van der Waals surface area contributed by atoms with E-state index >= 15 is 0 Å². The lowest BCUT2D eigenvalue weighted by atomic mass is 9.97. The number of nitrogens with one attached hydrogen (secondary N) is 1. The third-order valence-corrected chi connectivity index (χ3v) is 3.91. The van der Waals surface area contributed by atoms with Crippen LogP contribution in [0.5, 0.6) is 5.75 Å². The lowest BCUT2D eigenvalue weighted by Crippen LogP contribution is -2.30. The monoisotopic (exact) mass is 263 g/mol. The van der Waals surface area contributed by atoms with Crippen molar-refractivity contribution >= 4 is 0 Å². The van der Waals surface area contributed by atoms with Crippen molar-refractivity contribution in [1.29, 1.82) is 0 Å². The molecule has 1 aliphatic rings. The first-order valence-electron chi connectivity index (χ1n) is 7.26. The van der Waals surface area contributed by atoms with Gasteiger partial charge in [-0.3, -0.25) is 0 Å². The first-order chi connectivity index (χ1) is 9.20. The molecule has 2 atom stereocenters. The molecule has 106 valence electrons. The van der Waals surface area contributed by atoms with Gasteiger partial charge in [0.05, 0.1) is 13.2 Å². The molecule has 0 spiro atoms. The Morgan fingerprint density at radius 2 is 2.21 bits per heavy atom. The molecule has 1 heterocycles. The first-order valence-corrected chi connectivity index (χ1v) is 7.26. The SMILES string of the molecule is COc1ccc(C)cc1C(O)CC1CCCCCN1. The topological polar surface area (TPSA) is 41.5 Å². The van der Waals surface area contributed by atoms with E-state index in [0.717, 1.165) is 36.3 Å². The average Bonchev–Trinajstić information content (AvgIpc) is 2.67. The van der Waals surface area contributed by atoms with Crippen molar-refractivity contribution < 1.29 is 9.84 Å². The summed E-state index contributed by atoms with van der Waals surface area (Å²) in [5, 5.41) is 14.0. The van der Waals surface area contributed by atoms with Gasteiger partial charge in [0.1, 0.15) is 5.75 Å². The second-order valence-corrected chi connectivity index (χ2v) is 5.50. The van der Waals surface area contributed by atoms with Crippen molar-refractivity contribution in [3.63, 3.8) is 0 Å². The summed E-state index contributed by atoms with van der Waals surface area (Å²) in [6, 6.07) is 6.40. The Kier molecular flexibility index (Phi) is 5.23. The molecular weight excluding hydrogens is 238 g/mol. The van der Waals surface area contributed by atoms with Gasteiger partial charge in [0.15, 0.2) is 0 Å². The number of benzene rings is 1. The fourth-order valence-corrected chi connectivity index (χ4v) is 2.81. The summed E-state index contributed by atoms with van der Waals surface area (Å²) in [7, 11) is 1.66. The normalized spacial score (nSPS) is 21.7. The van der Waals surface area contributed by atoms with Crippen LogP contribution in [0.2, 0.25) is 0 Å². The summed E-state index contributed by atoms with van der Waals surface area (Å²) in [4.78, 5) is 0. The molecule has 0 amide bonds. The van der Waals surface area contributed by atoms with Crippen LogP contribution in [0, 0.1) is 6.92 Å². The predicted octanol–water partition coefficient (Wildman–Crippen LogP) is 2.96. The molecule has 1 fully saturated rings. The molecule has 1 aliphatic heterocycles. The maximum Gasteiger partial charge on any atom is 0.124 e. The average molecular weight is 263 g/mol. The summed E-state index contributed by atoms with van der Waals surface area (Å²) in [6.07, 6.45) is 5.28. The maximum atomic E-state index is 10.5. The fourth-order valence-electron chi connectivity index (χ4n) is 2.81. The zero-order valence-corrected chi connectivity index (χ0v) is 12.0. The molecule has 0 saturated carbocycles. The molecule has 2 N–H and O–H groups in total. The predicted molar refractivity (Wildman–Crippen MR) is 77.6 cm³/mol. The number of aryl methyl sites for hydroxylation is 1. The van der Waals surface area contributed by atoms with Crippen molar-refractivity contribution in [3.05, 3.63) is 29.3 Å². The summed E-state index contributed by atoms with van der Waals surface area (Å²) >= 11 is 0. The van der Waals surface area contributed by atoms with Crippen molar-refractivity contribution in [2.24, 2.45) is 0 Å². The number of rotatable bonds is 4. The van der Waals surface area contributed by atoms with E-state index in [1.807, 2.05) is 25.1 Å². The Bertz CT molecular complexity index is 398. The van der Waals surface area contributed by atoms with E-state index in [9.17, 15) is 5.11 Å². The Morgan fingerprint density at radius 1 is 1.37 bits per heavy atom. The van der Waals surface area contributed by atoms with Crippen LogP contribution in [0.15, 0.2) is 18.2 Å². The molecule has 1 aromatic rings. The van der Waals surface area contributed by atoms with Crippen LogP contribution in [-0.2, 0) is 0 Å². The Labute approximate surface area is 116 Å². The van der Waals surface area contributed by atoms with Gasteiger partial charge < -0.3 is 15.2 Å². The molecule has 3 heteroatoms. The van der Waals surface area contributed by atoms with Gasteiger partial charge in [-0.1, -0.05) is 24.5 Å². The van der Waals surface area contributed by atoms with Crippen molar-refractivity contribution in [2.75, 3.05) is 13.7 Å². The summed E-state index contributed by atoms with van der Waals surface area (Å²) < 4.78 is 5.35. The van der Waals surface area contributed by atoms with Crippen LogP contribution < -0.4 is 10.1 Å². The minimum atomic E-state index is -0.453. The van der Waals surface area contributed by atoms with Gasteiger partial charge in [-0.05, 0) is 44.9 Å². The highest BCUT2D eigenvalue weighted by molar-refractivity contribution is 5.38. The van der Waals surface area contributed by atoms with Crippen LogP contribution in [-0.4, -0.2) is 24.8 Å². The smallest absolute Gasteiger partial charge is 0.124 e. The molecule has 3 nitrogen and oxygen atoms in total. The van der Waals surface area contributed by atoms with E-state index in [-0.39, 0.29) is 0 Å². The van der Waals surface area contributed by atoms with Gasteiger partial charge in [0.25, 0.3) is 0 Å². The molecule has 0 aromatic heterocycles. The molecule has 0 radical (unpaired) electrons. The Balaban J connectivity index is 2.05. The van der Waals surface area contributed by atoms with E-state index in [1.165, 1.54) is 19.3 Å². The van der Waals surface area contributed by atoms with Crippen LogP contribution in [0.25, 0.3) is 0 Å². The van der Waals surface area contributed by atoms with Gasteiger partial charge in [0, 0.05) is 11.6 Å². The minimum Gasteiger partial charge on any atom is -0.496 e. The first kappa shape index (κ1) is 14.4. The summed E-state index contributed by atoms with van der Waals surface area (Å²) in [6.45, 7) is 3.11. The zero-order valence-electron chi connectivity index (χ0n) is 12.0. The number of hydrogen-bond acceptors (Lipinski definition) is 3. The summed E-state index contributed by atoms with van der Waals surface area (Å²) in [5.74, 6) is 0.784. The van der Waals surface area contributed by atoms with Gasteiger partial charge in [-0.2, -0.15) is 0 Å². The fraction of sp³-hybridized carbons (Fsp3) is 0.625. The standard InChI is InChI=1S/C16H25NO2/c1-12-7-8-16(19-2)14(10-12)15(18)11-13-6-4-3-5-9-17-13/h7-8,10,13,15,17-18H,3-6,9,11H2,1-2H3. The molecule has 19 heavy (non-hydrogen) atoms. The number of methoxy groups -OCH3 is 1. The van der Waals surface area contributed by atoms with Gasteiger partial charge in [0.2, 0.25) is 0 Å². The minimum absolute atomic E-state index is 0.419. The quantitative estimate of drug-likeness (QED) is 0.877. The van der Waals surface area contributed by atoms with E-state index in [2.05, 4.69) is 5.32 Å². The highest BCUT2D eigenvalue weighted by Gasteiger charge is 2.19. The molecule has 2 unspecified atom stereocenters. The second-order valence-electron chi connectivity index (χ2n) is 5.50. The zero-order chi connectivity index (χ0) is 13.7. The number of aliphatic hydroxyl groups is 1. The third kappa shape index (κ3) is 3.95. The highest BCUT2D eigenvalue weighted by Crippen LogP contribution is 2.30. The third-order valence-electron chi connectivity index (χ3n) is 3.91. The van der Waals surface area contributed by atoms with Crippen molar-refractivity contribution in [3.8, 4) is 5.75 Å². The van der Waals surface area contributed by atoms with Crippen molar-refractivity contribution in [1.82, 2.24) is 5.32 Å². The molecule has 0 bridgehead atoms. The molecule has 1 aromatic carbocycles. The van der Waals surface area contributed by atoms with Crippen LogP contribution >= 0.6 is 0 Å². The number of ether oxygens (including phenoxy) is 1.